The van der Waals surface area contributed by atoms with Crippen molar-refractivity contribution in [3.63, 3.8) is 0 Å². The smallest absolute Gasteiger partial charge is 0.265 e. The molecular weight excluding hydrogens is 310 g/mol. The van der Waals surface area contributed by atoms with Crippen LogP contribution in [0.3, 0.4) is 0 Å². The number of hydrogen-bond donors (Lipinski definition) is 1. The fraction of sp³-hybridized carbons (Fsp3) is 0.500. The van der Waals surface area contributed by atoms with Gasteiger partial charge in [-0.1, -0.05) is 6.92 Å². The molecule has 1 fully saturated rings. The zero-order chi connectivity index (χ0) is 16.1. The van der Waals surface area contributed by atoms with Crippen LogP contribution in [0.1, 0.15) is 29.4 Å². The van der Waals surface area contributed by atoms with Crippen LogP contribution in [-0.4, -0.2) is 51.9 Å². The summed E-state index contributed by atoms with van der Waals surface area (Å²) in [6.07, 6.45) is 7.13. The second-order valence-electron chi connectivity index (χ2n) is 5.65. The monoisotopic (exact) mass is 331 g/mol. The van der Waals surface area contributed by atoms with Crippen LogP contribution in [0.25, 0.3) is 10.8 Å². The van der Waals surface area contributed by atoms with Crippen LogP contribution < -0.4 is 5.32 Å². The molecule has 23 heavy (non-hydrogen) atoms. The molecule has 0 aromatic carbocycles. The Balaban J connectivity index is 1.60. The minimum atomic E-state index is 0.0755. The fourth-order valence-electron chi connectivity index (χ4n) is 2.73. The van der Waals surface area contributed by atoms with Crippen LogP contribution in [-0.2, 0) is 0 Å². The van der Waals surface area contributed by atoms with Gasteiger partial charge in [-0.15, -0.1) is 11.3 Å². The van der Waals surface area contributed by atoms with Crippen LogP contribution in [0.2, 0.25) is 0 Å². The molecule has 0 unspecified atom stereocenters. The molecule has 6 nitrogen and oxygen atoms in total. The van der Waals surface area contributed by atoms with Crippen LogP contribution in [0.15, 0.2) is 24.7 Å². The van der Waals surface area contributed by atoms with Gasteiger partial charge in [-0.2, -0.15) is 0 Å². The van der Waals surface area contributed by atoms with E-state index in [1.807, 2.05) is 4.90 Å². The van der Waals surface area contributed by atoms with Crippen molar-refractivity contribution >= 4 is 17.2 Å². The molecule has 1 N–H and O–H groups in total. The highest BCUT2D eigenvalue weighted by atomic mass is 32.1. The molecule has 0 saturated carbocycles. The van der Waals surface area contributed by atoms with Gasteiger partial charge in [0.2, 0.25) is 0 Å². The SMILES string of the molecule is CCNCC1CCN(C(=O)c2cnc(-c3ncccn3)s2)CC1. The molecule has 1 aliphatic rings. The Kier molecular flexibility index (Phi) is 5.30. The number of piperidine rings is 1. The highest BCUT2D eigenvalue weighted by Crippen LogP contribution is 2.25. The standard InChI is InChI=1S/C16H21N5OS/c1-2-17-10-12-4-8-21(9-5-12)16(22)13-11-20-15(23-13)14-18-6-3-7-19-14/h3,6-7,11-12,17H,2,4-5,8-10H2,1H3. The molecule has 122 valence electrons. The van der Waals surface area contributed by atoms with E-state index in [1.54, 1.807) is 24.7 Å². The fourth-order valence-corrected chi connectivity index (χ4v) is 3.56. The topological polar surface area (TPSA) is 71.0 Å². The summed E-state index contributed by atoms with van der Waals surface area (Å²) >= 11 is 1.36. The van der Waals surface area contributed by atoms with Gasteiger partial charge in [0.15, 0.2) is 10.8 Å². The quantitative estimate of drug-likeness (QED) is 0.908. The Morgan fingerprint density at radius 1 is 1.30 bits per heavy atom. The molecule has 0 spiro atoms. The Morgan fingerprint density at radius 2 is 2.04 bits per heavy atom. The first kappa shape index (κ1) is 16.0. The lowest BCUT2D eigenvalue weighted by Gasteiger charge is -2.31. The summed E-state index contributed by atoms with van der Waals surface area (Å²) in [5, 5.41) is 4.08. The largest absolute Gasteiger partial charge is 0.338 e. The first-order valence-corrected chi connectivity index (χ1v) is 8.82. The van der Waals surface area contributed by atoms with Crippen LogP contribution >= 0.6 is 11.3 Å². The van der Waals surface area contributed by atoms with Crippen molar-refractivity contribution < 1.29 is 4.79 Å². The van der Waals surface area contributed by atoms with E-state index in [0.29, 0.717) is 21.6 Å². The van der Waals surface area contributed by atoms with Gasteiger partial charge in [0.1, 0.15) is 4.88 Å². The molecule has 0 bridgehead atoms. The summed E-state index contributed by atoms with van der Waals surface area (Å²) in [4.78, 5) is 27.9. The maximum atomic E-state index is 12.6. The molecule has 3 heterocycles. The molecule has 1 saturated heterocycles. The minimum absolute atomic E-state index is 0.0755. The summed E-state index contributed by atoms with van der Waals surface area (Å²) in [5.41, 5.74) is 0. The van der Waals surface area contributed by atoms with E-state index in [4.69, 9.17) is 0 Å². The molecular formula is C16H21N5OS. The number of aromatic nitrogens is 3. The third-order valence-corrected chi connectivity index (χ3v) is 5.04. The highest BCUT2D eigenvalue weighted by molar-refractivity contribution is 7.16. The number of nitrogens with one attached hydrogen (secondary N) is 1. The van der Waals surface area contributed by atoms with Gasteiger partial charge in [-0.3, -0.25) is 4.79 Å². The van der Waals surface area contributed by atoms with E-state index < -0.39 is 0 Å². The van der Waals surface area contributed by atoms with Crippen LogP contribution in [0.4, 0.5) is 0 Å². The van der Waals surface area contributed by atoms with E-state index in [2.05, 4.69) is 27.2 Å². The zero-order valence-corrected chi connectivity index (χ0v) is 14.1. The average molecular weight is 331 g/mol. The minimum Gasteiger partial charge on any atom is -0.338 e. The zero-order valence-electron chi connectivity index (χ0n) is 13.2. The lowest BCUT2D eigenvalue weighted by atomic mass is 9.96. The van der Waals surface area contributed by atoms with Crippen molar-refractivity contribution in [2.45, 2.75) is 19.8 Å². The molecule has 1 amide bonds. The van der Waals surface area contributed by atoms with Crippen molar-refractivity contribution in [3.8, 4) is 10.8 Å². The first-order valence-electron chi connectivity index (χ1n) is 8.01. The number of rotatable bonds is 5. The van der Waals surface area contributed by atoms with Gasteiger partial charge in [0, 0.05) is 25.5 Å². The molecule has 2 aromatic heterocycles. The number of likely N-dealkylation sites (tertiary alicyclic amines) is 1. The van der Waals surface area contributed by atoms with E-state index in [0.717, 1.165) is 39.0 Å². The van der Waals surface area contributed by atoms with Crippen molar-refractivity contribution in [1.82, 2.24) is 25.2 Å². The average Bonchev–Trinajstić information content (AvgIpc) is 3.11. The molecule has 0 atom stereocenters. The number of nitrogens with zero attached hydrogens (tertiary/aromatic N) is 4. The molecule has 0 aliphatic carbocycles. The Hall–Kier alpha value is -1.86. The van der Waals surface area contributed by atoms with E-state index in [9.17, 15) is 4.79 Å². The lowest BCUT2D eigenvalue weighted by Crippen LogP contribution is -2.40. The summed E-state index contributed by atoms with van der Waals surface area (Å²) in [6, 6.07) is 1.76. The van der Waals surface area contributed by atoms with Gasteiger partial charge in [-0.25, -0.2) is 15.0 Å². The summed E-state index contributed by atoms with van der Waals surface area (Å²) < 4.78 is 0. The molecule has 2 aromatic rings. The maximum absolute atomic E-state index is 12.6. The summed E-state index contributed by atoms with van der Waals surface area (Å²) in [5.74, 6) is 1.32. The van der Waals surface area contributed by atoms with Gasteiger partial charge in [-0.05, 0) is 37.9 Å². The Labute approximate surface area is 140 Å². The Bertz CT molecular complexity index is 637. The van der Waals surface area contributed by atoms with Crippen molar-refractivity contribution in [2.24, 2.45) is 5.92 Å². The normalized spacial score (nSPS) is 15.8. The van der Waals surface area contributed by atoms with Crippen LogP contribution in [0, 0.1) is 5.92 Å². The maximum Gasteiger partial charge on any atom is 0.265 e. The third kappa shape index (κ3) is 3.92. The van der Waals surface area contributed by atoms with E-state index in [-0.39, 0.29) is 5.91 Å². The number of amides is 1. The van der Waals surface area contributed by atoms with Gasteiger partial charge < -0.3 is 10.2 Å². The van der Waals surface area contributed by atoms with Gasteiger partial charge in [0.05, 0.1) is 6.20 Å². The number of hydrogen-bond acceptors (Lipinski definition) is 6. The lowest BCUT2D eigenvalue weighted by molar-refractivity contribution is 0.0695. The summed E-state index contributed by atoms with van der Waals surface area (Å²) in [7, 11) is 0. The van der Waals surface area contributed by atoms with E-state index >= 15 is 0 Å². The second-order valence-corrected chi connectivity index (χ2v) is 6.68. The molecule has 7 heteroatoms. The number of thiazole rings is 1. The number of carbonyl (C=O) groups excluding carboxylic acids is 1. The predicted octanol–water partition coefficient (Wildman–Crippen LogP) is 2.06. The predicted molar refractivity (Wildman–Crippen MR) is 90.3 cm³/mol. The Morgan fingerprint density at radius 3 is 2.74 bits per heavy atom. The van der Waals surface area contributed by atoms with Crippen molar-refractivity contribution in [2.75, 3.05) is 26.2 Å². The van der Waals surface area contributed by atoms with Crippen molar-refractivity contribution in [3.05, 3.63) is 29.5 Å². The highest BCUT2D eigenvalue weighted by Gasteiger charge is 2.25. The van der Waals surface area contributed by atoms with Crippen molar-refractivity contribution in [1.29, 1.82) is 0 Å². The second kappa shape index (κ2) is 7.61. The molecule has 1 aliphatic heterocycles. The summed E-state index contributed by atoms with van der Waals surface area (Å²) in [6.45, 7) is 5.82. The molecule has 3 rings (SSSR count). The van der Waals surface area contributed by atoms with Gasteiger partial charge >= 0.3 is 0 Å². The number of carbonyl (C=O) groups is 1. The van der Waals surface area contributed by atoms with Gasteiger partial charge in [0.25, 0.3) is 5.91 Å². The first-order chi connectivity index (χ1) is 11.3. The third-order valence-electron chi connectivity index (χ3n) is 4.06. The molecule has 0 radical (unpaired) electrons. The van der Waals surface area contributed by atoms with Crippen LogP contribution in [0.5, 0.6) is 0 Å². The van der Waals surface area contributed by atoms with E-state index in [1.165, 1.54) is 11.3 Å².